The van der Waals surface area contributed by atoms with Gasteiger partial charge in [-0.3, -0.25) is 9.59 Å². The summed E-state index contributed by atoms with van der Waals surface area (Å²) in [4.78, 5) is 23.2. The average molecular weight is 434 g/mol. The molecule has 8 nitrogen and oxygen atoms in total. The summed E-state index contributed by atoms with van der Waals surface area (Å²) in [5.74, 6) is -2.37. The molecule has 154 valence electrons. The Hall–Kier alpha value is -2.22. The molecular formula is C17H21ClFN3O5S. The molecule has 0 saturated heterocycles. The van der Waals surface area contributed by atoms with Crippen LogP contribution >= 0.6 is 11.6 Å². The van der Waals surface area contributed by atoms with Gasteiger partial charge in [0.1, 0.15) is 11.4 Å². The van der Waals surface area contributed by atoms with Crippen molar-refractivity contribution in [1.82, 2.24) is 10.0 Å². The molecule has 1 aromatic rings. The molecule has 1 atom stereocenters. The maximum Gasteiger partial charge on any atom is 0.307 e. The van der Waals surface area contributed by atoms with Gasteiger partial charge in [-0.05, 0) is 31.0 Å². The van der Waals surface area contributed by atoms with E-state index < -0.39 is 39.9 Å². The van der Waals surface area contributed by atoms with E-state index in [1.807, 2.05) is 6.07 Å². The first-order valence-electron chi connectivity index (χ1n) is 8.24. The van der Waals surface area contributed by atoms with E-state index in [0.29, 0.717) is 0 Å². The monoisotopic (exact) mass is 433 g/mol. The quantitative estimate of drug-likeness (QED) is 0.571. The summed E-state index contributed by atoms with van der Waals surface area (Å²) in [5.41, 5.74) is -1.10. The normalized spacial score (nSPS) is 13.5. The van der Waals surface area contributed by atoms with Crippen molar-refractivity contribution in [2.75, 3.05) is 13.2 Å². The van der Waals surface area contributed by atoms with Crippen LogP contribution in [0.2, 0.25) is 5.02 Å². The number of esters is 1. The third-order valence-corrected chi connectivity index (χ3v) is 5.72. The number of nitriles is 1. The molecule has 0 aromatic heterocycles. The molecular weight excluding hydrogens is 413 g/mol. The van der Waals surface area contributed by atoms with Gasteiger partial charge in [0.25, 0.3) is 5.91 Å². The van der Waals surface area contributed by atoms with Crippen molar-refractivity contribution in [2.24, 2.45) is 5.92 Å². The molecule has 11 heteroatoms. The topological polar surface area (TPSA) is 125 Å². The second kappa shape index (κ2) is 9.82. The number of carbonyl (C=O) groups excluding carboxylic acids is 2. The maximum absolute atomic E-state index is 13.1. The Morgan fingerprint density at radius 2 is 2.04 bits per heavy atom. The molecule has 0 saturated carbocycles. The first kappa shape index (κ1) is 23.8. The maximum atomic E-state index is 13.1. The van der Waals surface area contributed by atoms with Gasteiger partial charge in [-0.15, -0.1) is 0 Å². The van der Waals surface area contributed by atoms with E-state index >= 15 is 0 Å². The van der Waals surface area contributed by atoms with Crippen LogP contribution in [-0.2, 0) is 24.3 Å². The summed E-state index contributed by atoms with van der Waals surface area (Å²) < 4.78 is 44.1. The van der Waals surface area contributed by atoms with Gasteiger partial charge in [-0.2, -0.15) is 5.26 Å². The lowest BCUT2D eigenvalue weighted by atomic mass is 9.90. The molecule has 0 aliphatic heterocycles. The number of nitrogens with one attached hydrogen (secondary N) is 2. The largest absolute Gasteiger partial charge is 0.456 e. The van der Waals surface area contributed by atoms with Crippen molar-refractivity contribution in [1.29, 1.82) is 5.26 Å². The van der Waals surface area contributed by atoms with Crippen LogP contribution in [0.3, 0.4) is 0 Å². The van der Waals surface area contributed by atoms with Gasteiger partial charge < -0.3 is 10.1 Å². The highest BCUT2D eigenvalue weighted by atomic mass is 35.5. The zero-order valence-corrected chi connectivity index (χ0v) is 17.2. The fourth-order valence-corrected chi connectivity index (χ4v) is 3.16. The standard InChI is InChI=1S/C17H21ClFN3O5S/c1-11(2)17(3,10-20)22-15(23)9-27-16(24)6-7-21-28(25,26)12-4-5-14(19)13(18)8-12/h4-5,8,11,21H,6-7,9H2,1-3H3,(H,22,23)/t17-/m0/s1. The van der Waals surface area contributed by atoms with Gasteiger partial charge >= 0.3 is 5.97 Å². The molecule has 2 N–H and O–H groups in total. The van der Waals surface area contributed by atoms with Crippen LogP contribution in [0.1, 0.15) is 27.2 Å². The summed E-state index contributed by atoms with van der Waals surface area (Å²) in [5, 5.41) is 11.3. The summed E-state index contributed by atoms with van der Waals surface area (Å²) in [7, 11) is -3.99. The minimum atomic E-state index is -3.99. The fraction of sp³-hybridized carbons (Fsp3) is 0.471. The smallest absolute Gasteiger partial charge is 0.307 e. The number of benzene rings is 1. The van der Waals surface area contributed by atoms with Gasteiger partial charge in [-0.25, -0.2) is 17.5 Å². The van der Waals surface area contributed by atoms with Crippen LogP contribution in [-0.4, -0.2) is 39.0 Å². The van der Waals surface area contributed by atoms with Gasteiger partial charge in [0, 0.05) is 6.54 Å². The zero-order chi connectivity index (χ0) is 21.5. The van der Waals surface area contributed by atoms with Crippen LogP contribution in [0.4, 0.5) is 4.39 Å². The predicted molar refractivity (Wildman–Crippen MR) is 99.2 cm³/mol. The number of rotatable bonds is 9. The van der Waals surface area contributed by atoms with Crippen molar-refractivity contribution in [3.8, 4) is 6.07 Å². The van der Waals surface area contributed by atoms with E-state index in [1.165, 1.54) is 0 Å². The molecule has 1 aromatic carbocycles. The van der Waals surface area contributed by atoms with E-state index in [9.17, 15) is 22.4 Å². The number of halogens is 2. The van der Waals surface area contributed by atoms with Crippen molar-refractivity contribution in [3.63, 3.8) is 0 Å². The van der Waals surface area contributed by atoms with Crippen LogP contribution in [0, 0.1) is 23.1 Å². The summed E-state index contributed by atoms with van der Waals surface area (Å²) >= 11 is 5.55. The number of ether oxygens (including phenoxy) is 1. The molecule has 0 fully saturated rings. The second-order valence-electron chi connectivity index (χ2n) is 6.40. The van der Waals surface area contributed by atoms with E-state index in [1.54, 1.807) is 20.8 Å². The minimum Gasteiger partial charge on any atom is -0.456 e. The van der Waals surface area contributed by atoms with Crippen LogP contribution in [0.25, 0.3) is 0 Å². The van der Waals surface area contributed by atoms with E-state index in [0.717, 1.165) is 18.2 Å². The lowest BCUT2D eigenvalue weighted by Crippen LogP contribution is -2.50. The minimum absolute atomic E-state index is 0.161. The lowest BCUT2D eigenvalue weighted by Gasteiger charge is -2.27. The number of carbonyl (C=O) groups is 2. The van der Waals surface area contributed by atoms with Crippen molar-refractivity contribution in [3.05, 3.63) is 29.0 Å². The molecule has 28 heavy (non-hydrogen) atoms. The molecule has 0 aliphatic carbocycles. The highest BCUT2D eigenvalue weighted by Crippen LogP contribution is 2.19. The lowest BCUT2D eigenvalue weighted by molar-refractivity contribution is -0.148. The van der Waals surface area contributed by atoms with Crippen LogP contribution in [0.15, 0.2) is 23.1 Å². The summed E-state index contributed by atoms with van der Waals surface area (Å²) in [6.07, 6.45) is -0.332. The third-order valence-electron chi connectivity index (χ3n) is 3.97. The Kier molecular flexibility index (Phi) is 8.35. The van der Waals surface area contributed by atoms with Gasteiger partial charge in [0.2, 0.25) is 10.0 Å². The van der Waals surface area contributed by atoms with E-state index in [-0.39, 0.29) is 28.8 Å². The fourth-order valence-electron chi connectivity index (χ4n) is 1.86. The highest BCUT2D eigenvalue weighted by Gasteiger charge is 2.30. The first-order valence-corrected chi connectivity index (χ1v) is 10.1. The Labute approximate surface area is 168 Å². The molecule has 0 radical (unpaired) electrons. The number of nitrogens with zero attached hydrogens (tertiary/aromatic N) is 1. The summed E-state index contributed by atoms with van der Waals surface area (Å²) in [6, 6.07) is 4.88. The number of hydrogen-bond acceptors (Lipinski definition) is 6. The van der Waals surface area contributed by atoms with Gasteiger partial charge in [-0.1, -0.05) is 25.4 Å². The Bertz CT molecular complexity index is 885. The van der Waals surface area contributed by atoms with E-state index in [2.05, 4.69) is 10.0 Å². The molecule has 0 heterocycles. The van der Waals surface area contributed by atoms with E-state index in [4.69, 9.17) is 21.6 Å². The second-order valence-corrected chi connectivity index (χ2v) is 8.58. The third kappa shape index (κ3) is 6.74. The van der Waals surface area contributed by atoms with Gasteiger partial charge in [0.15, 0.2) is 6.61 Å². The summed E-state index contributed by atoms with van der Waals surface area (Å²) in [6.45, 7) is 4.18. The molecule has 0 spiro atoms. The van der Waals surface area contributed by atoms with Crippen molar-refractivity contribution in [2.45, 2.75) is 37.6 Å². The highest BCUT2D eigenvalue weighted by molar-refractivity contribution is 7.89. The van der Waals surface area contributed by atoms with Crippen molar-refractivity contribution >= 4 is 33.5 Å². The molecule has 0 unspecified atom stereocenters. The molecule has 1 amide bonds. The average Bonchev–Trinajstić information content (AvgIpc) is 2.61. The SMILES string of the molecule is CC(C)[C@](C)(C#N)NC(=O)COC(=O)CCNS(=O)(=O)c1ccc(F)c(Cl)c1. The Balaban J connectivity index is 2.47. The van der Waals surface area contributed by atoms with Gasteiger partial charge in [0.05, 0.1) is 22.4 Å². The first-order chi connectivity index (χ1) is 12.9. The molecule has 0 aliphatic rings. The van der Waals surface area contributed by atoms with Crippen LogP contribution < -0.4 is 10.0 Å². The Morgan fingerprint density at radius 3 is 2.57 bits per heavy atom. The number of hydrogen-bond donors (Lipinski definition) is 2. The molecule has 0 bridgehead atoms. The van der Waals surface area contributed by atoms with Crippen LogP contribution in [0.5, 0.6) is 0 Å². The predicted octanol–water partition coefficient (Wildman–Crippen LogP) is 1.75. The number of sulfonamides is 1. The zero-order valence-electron chi connectivity index (χ0n) is 15.6. The number of amides is 1. The molecule has 1 rings (SSSR count). The Morgan fingerprint density at radius 1 is 1.39 bits per heavy atom. The van der Waals surface area contributed by atoms with Crippen molar-refractivity contribution < 1.29 is 27.1 Å².